The van der Waals surface area contributed by atoms with Gasteiger partial charge in [-0.25, -0.2) is 0 Å². The number of nitrogens with zero attached hydrogens (tertiary/aromatic N) is 3. The van der Waals surface area contributed by atoms with Crippen LogP contribution in [0.15, 0.2) is 18.5 Å². The van der Waals surface area contributed by atoms with Crippen molar-refractivity contribution in [2.24, 2.45) is 0 Å². The van der Waals surface area contributed by atoms with Crippen LogP contribution in [0.4, 0.5) is 0 Å². The van der Waals surface area contributed by atoms with E-state index in [0.29, 0.717) is 19.5 Å². The number of rotatable bonds is 5. The first-order chi connectivity index (χ1) is 9.16. The number of likely N-dealkylation sites (tertiary alicyclic amines) is 1. The molecule has 1 saturated heterocycles. The van der Waals surface area contributed by atoms with E-state index in [9.17, 15) is 9.59 Å². The number of carboxylic acids is 1. The molecule has 0 aromatic carbocycles. The molecule has 1 atom stereocenters. The Hall–Kier alpha value is -1.85. The van der Waals surface area contributed by atoms with Gasteiger partial charge in [0.1, 0.15) is 0 Å². The maximum atomic E-state index is 12.2. The maximum Gasteiger partial charge on any atom is 0.305 e. The Labute approximate surface area is 112 Å². The lowest BCUT2D eigenvalue weighted by atomic mass is 9.99. The summed E-state index contributed by atoms with van der Waals surface area (Å²) in [6.45, 7) is 1.22. The minimum atomic E-state index is -0.836. The Morgan fingerprint density at radius 1 is 1.37 bits per heavy atom. The Morgan fingerprint density at radius 3 is 2.89 bits per heavy atom. The third kappa shape index (κ3) is 3.81. The third-order valence-corrected chi connectivity index (χ3v) is 3.47. The molecule has 1 aliphatic rings. The molecule has 104 valence electrons. The van der Waals surface area contributed by atoms with E-state index < -0.39 is 5.97 Å². The molecule has 19 heavy (non-hydrogen) atoms. The summed E-state index contributed by atoms with van der Waals surface area (Å²) < 4.78 is 1.72. The van der Waals surface area contributed by atoms with Crippen molar-refractivity contribution in [2.45, 2.75) is 44.7 Å². The third-order valence-electron chi connectivity index (χ3n) is 3.47. The number of carboxylic acid groups (broad SMARTS) is 1. The summed E-state index contributed by atoms with van der Waals surface area (Å²) in [5, 5.41) is 12.9. The number of carbonyl (C=O) groups excluding carboxylic acids is 1. The van der Waals surface area contributed by atoms with Crippen molar-refractivity contribution in [3.05, 3.63) is 18.5 Å². The van der Waals surface area contributed by atoms with E-state index in [4.69, 9.17) is 5.11 Å². The lowest BCUT2D eigenvalue weighted by Gasteiger charge is -2.35. The van der Waals surface area contributed by atoms with Crippen LogP contribution in [0.25, 0.3) is 0 Å². The first-order valence-electron chi connectivity index (χ1n) is 6.65. The molecule has 2 rings (SSSR count). The highest BCUT2D eigenvalue weighted by Crippen LogP contribution is 2.20. The minimum absolute atomic E-state index is 0.0291. The van der Waals surface area contributed by atoms with Gasteiger partial charge in [-0.2, -0.15) is 5.10 Å². The summed E-state index contributed by atoms with van der Waals surface area (Å²) in [6.07, 6.45) is 6.67. The highest BCUT2D eigenvalue weighted by Gasteiger charge is 2.27. The van der Waals surface area contributed by atoms with Crippen molar-refractivity contribution < 1.29 is 14.7 Å². The predicted octanol–water partition coefficient (Wildman–Crippen LogP) is 1.13. The van der Waals surface area contributed by atoms with Gasteiger partial charge in [-0.1, -0.05) is 0 Å². The van der Waals surface area contributed by atoms with Gasteiger partial charge in [0.25, 0.3) is 0 Å². The summed E-state index contributed by atoms with van der Waals surface area (Å²) >= 11 is 0. The SMILES string of the molecule is O=C(O)CC1CCCCN1C(=O)CCn1cccn1. The Kier molecular flexibility index (Phi) is 4.54. The van der Waals surface area contributed by atoms with Gasteiger partial charge in [-0.15, -0.1) is 0 Å². The monoisotopic (exact) mass is 265 g/mol. The number of hydrogen-bond acceptors (Lipinski definition) is 3. The predicted molar refractivity (Wildman–Crippen MR) is 68.4 cm³/mol. The molecule has 2 heterocycles. The highest BCUT2D eigenvalue weighted by atomic mass is 16.4. The molecule has 0 spiro atoms. The van der Waals surface area contributed by atoms with Gasteiger partial charge in [0.2, 0.25) is 5.91 Å². The van der Waals surface area contributed by atoms with E-state index in [1.807, 2.05) is 12.3 Å². The van der Waals surface area contributed by atoms with Crippen LogP contribution in [0.3, 0.4) is 0 Å². The second-order valence-corrected chi connectivity index (χ2v) is 4.85. The summed E-state index contributed by atoms with van der Waals surface area (Å²) in [4.78, 5) is 24.7. The van der Waals surface area contributed by atoms with E-state index >= 15 is 0 Å². The van der Waals surface area contributed by atoms with Gasteiger partial charge in [-0.05, 0) is 25.3 Å². The van der Waals surface area contributed by atoms with Crippen molar-refractivity contribution >= 4 is 11.9 Å². The quantitative estimate of drug-likeness (QED) is 0.866. The Morgan fingerprint density at radius 2 is 2.21 bits per heavy atom. The van der Waals surface area contributed by atoms with Crippen LogP contribution in [0.2, 0.25) is 0 Å². The summed E-state index contributed by atoms with van der Waals surface area (Å²) in [5.74, 6) is -0.807. The second-order valence-electron chi connectivity index (χ2n) is 4.85. The number of aliphatic carboxylic acids is 1. The molecular weight excluding hydrogens is 246 g/mol. The average Bonchev–Trinajstić information content (AvgIpc) is 2.89. The van der Waals surface area contributed by atoms with Crippen molar-refractivity contribution in [3.63, 3.8) is 0 Å². The van der Waals surface area contributed by atoms with Crippen molar-refractivity contribution in [1.29, 1.82) is 0 Å². The van der Waals surface area contributed by atoms with Crippen LogP contribution in [0.5, 0.6) is 0 Å². The lowest BCUT2D eigenvalue weighted by Crippen LogP contribution is -2.45. The zero-order valence-corrected chi connectivity index (χ0v) is 10.9. The van der Waals surface area contributed by atoms with Gasteiger partial charge >= 0.3 is 5.97 Å². The molecule has 1 fully saturated rings. The van der Waals surface area contributed by atoms with Crippen molar-refractivity contribution in [2.75, 3.05) is 6.54 Å². The smallest absolute Gasteiger partial charge is 0.305 e. The summed E-state index contributed by atoms with van der Waals surface area (Å²) in [6, 6.07) is 1.68. The molecule has 1 unspecified atom stereocenters. The Bertz CT molecular complexity index is 430. The van der Waals surface area contributed by atoms with Crippen molar-refractivity contribution in [1.82, 2.24) is 14.7 Å². The topological polar surface area (TPSA) is 75.4 Å². The zero-order chi connectivity index (χ0) is 13.7. The maximum absolute atomic E-state index is 12.2. The first kappa shape index (κ1) is 13.6. The number of piperidine rings is 1. The van der Waals surface area contributed by atoms with E-state index in [1.165, 1.54) is 0 Å². The van der Waals surface area contributed by atoms with Crippen molar-refractivity contribution in [3.8, 4) is 0 Å². The fourth-order valence-corrected chi connectivity index (χ4v) is 2.53. The molecular formula is C13H19N3O3. The molecule has 1 aromatic heterocycles. The normalized spacial score (nSPS) is 19.4. The van der Waals surface area contributed by atoms with E-state index in [-0.39, 0.29) is 18.4 Å². The van der Waals surface area contributed by atoms with E-state index in [0.717, 1.165) is 19.3 Å². The molecule has 0 saturated carbocycles. The van der Waals surface area contributed by atoms with Crippen LogP contribution in [-0.4, -0.2) is 44.3 Å². The van der Waals surface area contributed by atoms with Gasteiger partial charge in [-0.3, -0.25) is 14.3 Å². The van der Waals surface area contributed by atoms with Crippen LogP contribution < -0.4 is 0 Å². The summed E-state index contributed by atoms with van der Waals surface area (Å²) in [7, 11) is 0. The van der Waals surface area contributed by atoms with E-state index in [2.05, 4.69) is 5.10 Å². The average molecular weight is 265 g/mol. The zero-order valence-electron chi connectivity index (χ0n) is 10.9. The molecule has 0 radical (unpaired) electrons. The molecule has 6 nitrogen and oxygen atoms in total. The largest absolute Gasteiger partial charge is 0.481 e. The molecule has 6 heteroatoms. The number of amides is 1. The van der Waals surface area contributed by atoms with Gasteiger partial charge < -0.3 is 10.0 Å². The van der Waals surface area contributed by atoms with Crippen LogP contribution in [0, 0.1) is 0 Å². The summed E-state index contributed by atoms with van der Waals surface area (Å²) in [5.41, 5.74) is 0. The molecule has 1 aromatic rings. The van der Waals surface area contributed by atoms with E-state index in [1.54, 1.807) is 15.8 Å². The molecule has 1 amide bonds. The number of aryl methyl sites for hydroxylation is 1. The fourth-order valence-electron chi connectivity index (χ4n) is 2.53. The number of aromatic nitrogens is 2. The molecule has 0 aliphatic carbocycles. The molecule has 0 bridgehead atoms. The van der Waals surface area contributed by atoms with Gasteiger partial charge in [0.15, 0.2) is 0 Å². The second kappa shape index (κ2) is 6.36. The van der Waals surface area contributed by atoms with Gasteiger partial charge in [0.05, 0.1) is 6.42 Å². The highest BCUT2D eigenvalue weighted by molar-refractivity contribution is 5.77. The van der Waals surface area contributed by atoms with Gasteiger partial charge in [0, 0.05) is 37.9 Å². The number of hydrogen-bond donors (Lipinski definition) is 1. The molecule has 1 N–H and O–H groups in total. The number of carbonyl (C=O) groups is 2. The lowest BCUT2D eigenvalue weighted by molar-refractivity contribution is -0.142. The Balaban J connectivity index is 1.89. The minimum Gasteiger partial charge on any atom is -0.481 e. The molecule has 1 aliphatic heterocycles. The fraction of sp³-hybridized carbons (Fsp3) is 0.615. The standard InChI is InChI=1S/C13H19N3O3/c17-12(5-9-15-7-3-6-14-15)16-8-2-1-4-11(16)10-13(18)19/h3,6-7,11H,1-2,4-5,8-10H2,(H,18,19). The first-order valence-corrected chi connectivity index (χ1v) is 6.65. The van der Waals surface area contributed by atoms with Crippen LogP contribution >= 0.6 is 0 Å². The van der Waals surface area contributed by atoms with Crippen LogP contribution in [0.1, 0.15) is 32.1 Å². The van der Waals surface area contributed by atoms with Crippen LogP contribution in [-0.2, 0) is 16.1 Å².